The van der Waals surface area contributed by atoms with Crippen molar-refractivity contribution in [3.63, 3.8) is 0 Å². The number of rotatable bonds is 0. The molecule has 4 rings (SSSR count). The van der Waals surface area contributed by atoms with Crippen LogP contribution >= 0.6 is 0 Å². The van der Waals surface area contributed by atoms with E-state index in [1.165, 1.54) is 0 Å². The highest BCUT2D eigenvalue weighted by molar-refractivity contribution is 6.13. The van der Waals surface area contributed by atoms with Crippen LogP contribution in [0.25, 0.3) is 0 Å². The SMILES string of the molecule is CC(C)(C)c1ccc2c(c1)C1(NC(=O)c3cccnc3N1)C(=O)N2. The van der Waals surface area contributed by atoms with Gasteiger partial charge in [-0.15, -0.1) is 0 Å². The number of carbonyl (C=O) groups excluding carboxylic acids is 2. The maximum atomic E-state index is 12.7. The Morgan fingerprint density at radius 3 is 2.62 bits per heavy atom. The molecule has 0 saturated carbocycles. The quantitative estimate of drug-likeness (QED) is 0.695. The Kier molecular flexibility index (Phi) is 2.79. The lowest BCUT2D eigenvalue weighted by molar-refractivity contribution is -0.120. The highest BCUT2D eigenvalue weighted by atomic mass is 16.2. The van der Waals surface area contributed by atoms with Crippen molar-refractivity contribution >= 4 is 23.3 Å². The lowest BCUT2D eigenvalue weighted by Crippen LogP contribution is -2.59. The summed E-state index contributed by atoms with van der Waals surface area (Å²) in [7, 11) is 0. The summed E-state index contributed by atoms with van der Waals surface area (Å²) in [6.45, 7) is 6.32. The van der Waals surface area contributed by atoms with E-state index in [1.807, 2.05) is 18.2 Å². The molecule has 2 aliphatic rings. The van der Waals surface area contributed by atoms with Crippen molar-refractivity contribution < 1.29 is 9.59 Å². The number of aromatic nitrogens is 1. The Morgan fingerprint density at radius 1 is 1.08 bits per heavy atom. The molecular formula is C18H18N4O2. The molecule has 0 aliphatic carbocycles. The largest absolute Gasteiger partial charge is 0.335 e. The number of amides is 2. The zero-order valence-corrected chi connectivity index (χ0v) is 13.7. The number of hydrogen-bond acceptors (Lipinski definition) is 4. The molecule has 3 heterocycles. The molecule has 1 atom stereocenters. The Labute approximate surface area is 139 Å². The first kappa shape index (κ1) is 14.7. The van der Waals surface area contributed by atoms with Crippen LogP contribution in [0.2, 0.25) is 0 Å². The number of fused-ring (bicyclic) bond motifs is 3. The molecular weight excluding hydrogens is 304 g/mol. The van der Waals surface area contributed by atoms with Gasteiger partial charge in [-0.25, -0.2) is 4.98 Å². The van der Waals surface area contributed by atoms with Gasteiger partial charge in [-0.2, -0.15) is 0 Å². The van der Waals surface area contributed by atoms with E-state index in [-0.39, 0.29) is 17.2 Å². The number of carbonyl (C=O) groups is 2. The number of nitrogens with zero attached hydrogens (tertiary/aromatic N) is 1. The molecule has 0 saturated heterocycles. The van der Waals surface area contributed by atoms with Crippen molar-refractivity contribution in [1.82, 2.24) is 10.3 Å². The second-order valence-corrected chi connectivity index (χ2v) is 7.19. The highest BCUT2D eigenvalue weighted by Gasteiger charge is 2.51. The van der Waals surface area contributed by atoms with E-state index in [2.05, 4.69) is 41.7 Å². The monoisotopic (exact) mass is 322 g/mol. The number of benzene rings is 1. The summed E-state index contributed by atoms with van der Waals surface area (Å²) in [4.78, 5) is 29.4. The van der Waals surface area contributed by atoms with Gasteiger partial charge < -0.3 is 16.0 Å². The van der Waals surface area contributed by atoms with E-state index < -0.39 is 5.66 Å². The lowest BCUT2D eigenvalue weighted by Gasteiger charge is -2.35. The third kappa shape index (κ3) is 1.92. The molecule has 122 valence electrons. The Balaban J connectivity index is 1.89. The maximum absolute atomic E-state index is 12.7. The zero-order chi connectivity index (χ0) is 17.1. The molecule has 1 spiro atoms. The first-order chi connectivity index (χ1) is 11.3. The van der Waals surface area contributed by atoms with E-state index in [0.717, 1.165) is 5.56 Å². The summed E-state index contributed by atoms with van der Waals surface area (Å²) < 4.78 is 0. The molecule has 2 aliphatic heterocycles. The topological polar surface area (TPSA) is 83.1 Å². The minimum Gasteiger partial charge on any atom is -0.335 e. The summed E-state index contributed by atoms with van der Waals surface area (Å²) in [6.07, 6.45) is 1.59. The third-order valence-corrected chi connectivity index (χ3v) is 4.54. The molecule has 1 aromatic carbocycles. The molecule has 6 nitrogen and oxygen atoms in total. The molecule has 2 aromatic rings. The first-order valence-electron chi connectivity index (χ1n) is 7.83. The van der Waals surface area contributed by atoms with Crippen LogP contribution in [0.1, 0.15) is 42.3 Å². The van der Waals surface area contributed by atoms with Gasteiger partial charge in [-0.3, -0.25) is 9.59 Å². The first-order valence-corrected chi connectivity index (χ1v) is 7.83. The van der Waals surface area contributed by atoms with Gasteiger partial charge in [-0.1, -0.05) is 26.8 Å². The fraction of sp³-hybridized carbons (Fsp3) is 0.278. The van der Waals surface area contributed by atoms with Crippen LogP contribution in [0.5, 0.6) is 0 Å². The number of nitrogens with one attached hydrogen (secondary N) is 3. The zero-order valence-electron chi connectivity index (χ0n) is 13.7. The van der Waals surface area contributed by atoms with Crippen LogP contribution in [0.15, 0.2) is 36.5 Å². The van der Waals surface area contributed by atoms with Crippen LogP contribution in [-0.2, 0) is 15.9 Å². The van der Waals surface area contributed by atoms with Gasteiger partial charge in [0, 0.05) is 17.4 Å². The molecule has 0 bridgehead atoms. The van der Waals surface area contributed by atoms with Crippen LogP contribution in [-0.4, -0.2) is 16.8 Å². The van der Waals surface area contributed by atoms with Crippen molar-refractivity contribution in [2.24, 2.45) is 0 Å². The van der Waals surface area contributed by atoms with Crippen LogP contribution in [0.4, 0.5) is 11.5 Å². The summed E-state index contributed by atoms with van der Waals surface area (Å²) in [5, 5.41) is 8.81. The standard InChI is InChI=1S/C18H18N4O2/c1-17(2,3)10-6-7-13-12(9-10)18(16(24)20-13)21-14-11(15(23)22-18)5-4-8-19-14/h4-9H,1-3H3,(H,19,21)(H,20,24)(H,22,23). The van der Waals surface area contributed by atoms with E-state index in [0.29, 0.717) is 22.6 Å². The minimum absolute atomic E-state index is 0.0727. The lowest BCUT2D eigenvalue weighted by atomic mass is 9.84. The summed E-state index contributed by atoms with van der Waals surface area (Å²) in [5.74, 6) is -0.223. The highest BCUT2D eigenvalue weighted by Crippen LogP contribution is 2.41. The van der Waals surface area contributed by atoms with Gasteiger partial charge in [0.2, 0.25) is 5.66 Å². The molecule has 1 unspecified atom stereocenters. The van der Waals surface area contributed by atoms with Crippen LogP contribution < -0.4 is 16.0 Å². The predicted octanol–water partition coefficient (Wildman–Crippen LogP) is 2.34. The summed E-state index contributed by atoms with van der Waals surface area (Å²) >= 11 is 0. The van der Waals surface area contributed by atoms with Gasteiger partial charge in [-0.05, 0) is 35.2 Å². The Morgan fingerprint density at radius 2 is 1.88 bits per heavy atom. The average molecular weight is 322 g/mol. The molecule has 6 heteroatoms. The van der Waals surface area contributed by atoms with Crippen molar-refractivity contribution in [1.29, 1.82) is 0 Å². The third-order valence-electron chi connectivity index (χ3n) is 4.54. The fourth-order valence-corrected chi connectivity index (χ4v) is 3.15. The van der Waals surface area contributed by atoms with E-state index in [9.17, 15) is 9.59 Å². The minimum atomic E-state index is -1.32. The number of pyridine rings is 1. The van der Waals surface area contributed by atoms with Crippen LogP contribution in [0, 0.1) is 0 Å². The molecule has 0 fully saturated rings. The molecule has 2 amide bonds. The van der Waals surface area contributed by atoms with E-state index in [1.54, 1.807) is 18.3 Å². The van der Waals surface area contributed by atoms with Crippen molar-refractivity contribution in [3.8, 4) is 0 Å². The van der Waals surface area contributed by atoms with Gasteiger partial charge in [0.25, 0.3) is 11.8 Å². The van der Waals surface area contributed by atoms with Gasteiger partial charge in [0.05, 0.1) is 5.56 Å². The summed E-state index contributed by atoms with van der Waals surface area (Å²) in [6, 6.07) is 9.21. The van der Waals surface area contributed by atoms with E-state index >= 15 is 0 Å². The Hall–Kier alpha value is -2.89. The average Bonchev–Trinajstić information content (AvgIpc) is 2.78. The fourth-order valence-electron chi connectivity index (χ4n) is 3.15. The molecule has 3 N–H and O–H groups in total. The normalized spacial score (nSPS) is 21.6. The molecule has 0 radical (unpaired) electrons. The summed E-state index contributed by atoms with van der Waals surface area (Å²) in [5.41, 5.74) is 1.52. The number of hydrogen-bond donors (Lipinski definition) is 3. The van der Waals surface area contributed by atoms with Gasteiger partial charge in [0.1, 0.15) is 5.82 Å². The van der Waals surface area contributed by atoms with Crippen LogP contribution in [0.3, 0.4) is 0 Å². The Bertz CT molecular complexity index is 885. The smallest absolute Gasteiger partial charge is 0.276 e. The van der Waals surface area contributed by atoms with E-state index in [4.69, 9.17) is 0 Å². The second kappa shape index (κ2) is 4.56. The molecule has 1 aromatic heterocycles. The van der Waals surface area contributed by atoms with Gasteiger partial charge >= 0.3 is 0 Å². The van der Waals surface area contributed by atoms with Gasteiger partial charge in [0.15, 0.2) is 0 Å². The van der Waals surface area contributed by atoms with Crippen molar-refractivity contribution in [3.05, 3.63) is 53.2 Å². The van der Waals surface area contributed by atoms with Crippen molar-refractivity contribution in [2.75, 3.05) is 10.6 Å². The predicted molar refractivity (Wildman–Crippen MR) is 90.8 cm³/mol. The number of anilines is 2. The molecule has 24 heavy (non-hydrogen) atoms. The second-order valence-electron chi connectivity index (χ2n) is 7.19. The maximum Gasteiger partial charge on any atom is 0.276 e. The van der Waals surface area contributed by atoms with Crippen molar-refractivity contribution in [2.45, 2.75) is 31.8 Å².